The van der Waals surface area contributed by atoms with E-state index in [-0.39, 0.29) is 35.6 Å². The Morgan fingerprint density at radius 3 is 1.45 bits per heavy atom. The van der Waals surface area contributed by atoms with E-state index in [2.05, 4.69) is 10.6 Å². The van der Waals surface area contributed by atoms with Crippen molar-refractivity contribution in [3.05, 3.63) is 114 Å². The van der Waals surface area contributed by atoms with Crippen LogP contribution in [0.15, 0.2) is 70.3 Å². The number of hydrogen-bond donors (Lipinski definition) is 3. The van der Waals surface area contributed by atoms with Crippen molar-refractivity contribution in [1.82, 2.24) is 38.9 Å². The molecule has 3 N–H and O–H groups in total. The van der Waals surface area contributed by atoms with Crippen molar-refractivity contribution in [3.8, 4) is 0 Å². The summed E-state index contributed by atoms with van der Waals surface area (Å²) in [5.41, 5.74) is 0.859. The Kier molecular flexibility index (Phi) is 16.2. The second-order valence-electron chi connectivity index (χ2n) is 20.1. The number of aromatic nitrogens is 6. The van der Waals surface area contributed by atoms with E-state index >= 15 is 0 Å². The van der Waals surface area contributed by atoms with Crippen LogP contribution >= 0.6 is 23.2 Å². The number of carboxylic acids is 1. The number of imidazole rings is 2. The molecule has 0 spiro atoms. The van der Waals surface area contributed by atoms with E-state index in [1.807, 2.05) is 92.3 Å². The number of anilines is 2. The Morgan fingerprint density at radius 1 is 0.671 bits per heavy atom. The molecule has 0 bridgehead atoms. The molecule has 0 unspecified atom stereocenters. The molecule has 0 saturated carbocycles. The number of methoxy groups -OCH3 is 1. The van der Waals surface area contributed by atoms with Gasteiger partial charge in [0.05, 0.1) is 31.2 Å². The van der Waals surface area contributed by atoms with Crippen LogP contribution in [0.1, 0.15) is 99.3 Å². The van der Waals surface area contributed by atoms with Crippen LogP contribution in [-0.2, 0) is 41.4 Å². The minimum atomic E-state index is -1.21. The molecule has 2 fully saturated rings. The molecule has 0 radical (unpaired) electrons. The number of pyridine rings is 2. The number of aromatic carboxylic acids is 1. The highest BCUT2D eigenvalue weighted by atomic mass is 35.5. The van der Waals surface area contributed by atoms with Crippen molar-refractivity contribution in [3.63, 3.8) is 0 Å². The van der Waals surface area contributed by atoms with E-state index in [9.17, 15) is 33.9 Å². The molecule has 2 aliphatic heterocycles. The number of esters is 1. The SMILES string of the molecule is COC(=O)c1cc2nc(N3CCC[C@@H](NC(=O)OC(C)(C)C)C3)n(Cc3ccccc3Cl)c2c(=O)n1C.Cn1c(C(=O)O)cc2nc(N3CCC[C@@H](NC(=O)OC(C)(C)C)C3)n(Cc3ccccc3Cl)c2c1=O. The Morgan fingerprint density at radius 2 is 1.07 bits per heavy atom. The molecular formula is C51H62Cl2N10O10. The zero-order chi connectivity index (χ0) is 53.1. The van der Waals surface area contributed by atoms with Gasteiger partial charge in [-0.15, -0.1) is 0 Å². The third-order valence-corrected chi connectivity index (χ3v) is 13.0. The number of fused-ring (bicyclic) bond motifs is 2. The first kappa shape index (κ1) is 53.7. The number of alkyl carbamates (subject to hydrolysis) is 2. The lowest BCUT2D eigenvalue weighted by Crippen LogP contribution is -2.49. The lowest BCUT2D eigenvalue weighted by molar-refractivity contribution is 0.0488. The fourth-order valence-corrected chi connectivity index (χ4v) is 9.33. The average Bonchev–Trinajstić information content (AvgIpc) is 3.87. The molecule has 20 nitrogen and oxygen atoms in total. The smallest absolute Gasteiger partial charge is 0.407 e. The number of nitrogens with one attached hydrogen (secondary N) is 2. The van der Waals surface area contributed by atoms with Crippen molar-refractivity contribution in [1.29, 1.82) is 0 Å². The molecule has 6 aromatic rings. The van der Waals surface area contributed by atoms with Crippen LogP contribution in [0.25, 0.3) is 22.1 Å². The number of carbonyl (C=O) groups excluding carboxylic acids is 3. The highest BCUT2D eigenvalue weighted by Crippen LogP contribution is 2.30. The highest BCUT2D eigenvalue weighted by Gasteiger charge is 2.31. The summed E-state index contributed by atoms with van der Waals surface area (Å²) in [6.07, 6.45) is 2.19. The number of halogens is 2. The van der Waals surface area contributed by atoms with E-state index in [4.69, 9.17) is 47.4 Å². The van der Waals surface area contributed by atoms with Crippen LogP contribution < -0.4 is 31.6 Å². The number of ether oxygens (including phenoxy) is 3. The van der Waals surface area contributed by atoms with Gasteiger partial charge in [-0.1, -0.05) is 59.6 Å². The molecule has 2 aromatic carbocycles. The van der Waals surface area contributed by atoms with Crippen molar-refractivity contribution < 1.29 is 38.5 Å². The minimum absolute atomic E-state index is 0.108. The Hall–Kier alpha value is -7.06. The summed E-state index contributed by atoms with van der Waals surface area (Å²) in [5, 5.41) is 16.6. The third-order valence-electron chi connectivity index (χ3n) is 12.3. The van der Waals surface area contributed by atoms with Gasteiger partial charge in [0.1, 0.15) is 33.6 Å². The first-order valence-electron chi connectivity index (χ1n) is 23.9. The molecule has 6 heterocycles. The van der Waals surface area contributed by atoms with Gasteiger partial charge in [-0.25, -0.2) is 29.1 Å². The van der Waals surface area contributed by atoms with Crippen LogP contribution in [0, 0.1) is 0 Å². The van der Waals surface area contributed by atoms with Crippen LogP contribution in [0.2, 0.25) is 10.0 Å². The number of carboxylic acid groups (broad SMARTS) is 1. The second kappa shape index (κ2) is 22.0. The quantitative estimate of drug-likeness (QED) is 0.0902. The predicted molar refractivity (Wildman–Crippen MR) is 279 cm³/mol. The second-order valence-corrected chi connectivity index (χ2v) is 20.9. The number of piperidine rings is 2. The monoisotopic (exact) mass is 1040 g/mol. The third kappa shape index (κ3) is 12.6. The standard InChI is InChI=1S/C26H32ClN5O5.C25H30ClN5O5/c1-26(2,3)37-25(35)28-17-10-8-12-31(15-17)24-29-19-13-20(23(34)36-5)30(4)22(33)21(19)32(24)14-16-9-6-7-11-18(16)27;1-25(2,3)36-24(35)27-16-9-7-11-30(14-16)23-28-18-12-19(22(33)34)29(4)21(32)20(18)31(23)13-15-8-5-6-10-17(15)26/h6-7,9,11,13,17H,8,10,12,14-15H2,1-5H3,(H,28,35);5-6,8,10,12,16H,7,9,11,13-14H2,1-4H3,(H,27,35)(H,33,34)/t17-;16-/m11/s1. The molecule has 73 heavy (non-hydrogen) atoms. The fourth-order valence-electron chi connectivity index (χ4n) is 8.94. The number of rotatable bonds is 10. The number of hydrogen-bond acceptors (Lipinski definition) is 13. The molecule has 2 atom stereocenters. The van der Waals surface area contributed by atoms with Crippen molar-refractivity contribution in [2.24, 2.45) is 14.1 Å². The molecule has 390 valence electrons. The van der Waals surface area contributed by atoms with Crippen molar-refractivity contribution >= 4 is 81.3 Å². The predicted octanol–water partition coefficient (Wildman–Crippen LogP) is 7.35. The first-order chi connectivity index (χ1) is 34.4. The summed E-state index contributed by atoms with van der Waals surface area (Å²) < 4.78 is 21.7. The molecule has 2 aliphatic rings. The van der Waals surface area contributed by atoms with Gasteiger partial charge in [0.25, 0.3) is 11.1 Å². The molecule has 22 heteroatoms. The first-order valence-corrected chi connectivity index (χ1v) is 24.7. The summed E-state index contributed by atoms with van der Waals surface area (Å²) in [5.74, 6) is -0.758. The van der Waals surface area contributed by atoms with E-state index in [1.54, 1.807) is 22.8 Å². The van der Waals surface area contributed by atoms with Gasteiger partial charge in [-0.3, -0.25) is 9.59 Å². The molecule has 2 saturated heterocycles. The largest absolute Gasteiger partial charge is 0.477 e. The van der Waals surface area contributed by atoms with E-state index in [1.165, 1.54) is 31.8 Å². The summed E-state index contributed by atoms with van der Waals surface area (Å²) in [6, 6.07) is 17.4. The summed E-state index contributed by atoms with van der Waals surface area (Å²) in [6.45, 7) is 13.7. The van der Waals surface area contributed by atoms with Gasteiger partial charge in [-0.2, -0.15) is 0 Å². The molecular weight excluding hydrogens is 984 g/mol. The van der Waals surface area contributed by atoms with Crippen molar-refractivity contribution in [2.75, 3.05) is 43.1 Å². The number of carbonyl (C=O) groups is 4. The fraction of sp³-hybridized carbons (Fsp3) is 0.451. The minimum Gasteiger partial charge on any atom is -0.477 e. The van der Waals surface area contributed by atoms with Gasteiger partial charge in [-0.05, 0) is 103 Å². The van der Waals surface area contributed by atoms with Gasteiger partial charge in [0, 0.05) is 62.4 Å². The van der Waals surface area contributed by atoms with Gasteiger partial charge < -0.3 is 58.0 Å². The van der Waals surface area contributed by atoms with Gasteiger partial charge >= 0.3 is 24.1 Å². The average molecular weight is 1050 g/mol. The lowest BCUT2D eigenvalue weighted by atomic mass is 10.1. The van der Waals surface area contributed by atoms with E-state index in [0.717, 1.165) is 41.4 Å². The number of amides is 2. The van der Waals surface area contributed by atoms with Crippen molar-refractivity contribution in [2.45, 2.75) is 104 Å². The van der Waals surface area contributed by atoms with E-state index in [0.29, 0.717) is 76.7 Å². The van der Waals surface area contributed by atoms with Crippen LogP contribution in [0.5, 0.6) is 0 Å². The Labute approximate surface area is 431 Å². The van der Waals surface area contributed by atoms with Crippen LogP contribution in [-0.4, -0.2) is 114 Å². The lowest BCUT2D eigenvalue weighted by Gasteiger charge is -2.34. The zero-order valence-electron chi connectivity index (χ0n) is 42.5. The molecule has 4 aromatic heterocycles. The van der Waals surface area contributed by atoms with E-state index < -0.39 is 40.9 Å². The summed E-state index contributed by atoms with van der Waals surface area (Å²) >= 11 is 12.9. The maximum Gasteiger partial charge on any atom is 0.407 e. The summed E-state index contributed by atoms with van der Waals surface area (Å²) in [4.78, 5) is 89.1. The zero-order valence-corrected chi connectivity index (χ0v) is 44.0. The topological polar surface area (TPSA) is 226 Å². The highest BCUT2D eigenvalue weighted by molar-refractivity contribution is 6.31. The normalized spacial score (nSPS) is 16.2. The molecule has 2 amide bonds. The number of benzene rings is 2. The van der Waals surface area contributed by atoms with Crippen LogP contribution in [0.3, 0.4) is 0 Å². The Balaban J connectivity index is 0.000000214. The molecule has 0 aliphatic carbocycles. The van der Waals surface area contributed by atoms with Gasteiger partial charge in [0.15, 0.2) is 0 Å². The molecule has 8 rings (SSSR count). The maximum absolute atomic E-state index is 13.5. The number of nitrogens with zero attached hydrogens (tertiary/aromatic N) is 8. The maximum atomic E-state index is 13.5. The Bertz CT molecular complexity index is 3190. The summed E-state index contributed by atoms with van der Waals surface area (Å²) in [7, 11) is 4.23. The van der Waals surface area contributed by atoms with Gasteiger partial charge in [0.2, 0.25) is 11.9 Å². The van der Waals surface area contributed by atoms with Crippen LogP contribution in [0.4, 0.5) is 21.5 Å².